The smallest absolute Gasteiger partial charge is 0.196 e. The van der Waals surface area contributed by atoms with Gasteiger partial charge in [-0.15, -0.1) is 34.2 Å². The Hall–Kier alpha value is -1.91. The van der Waals surface area contributed by atoms with Gasteiger partial charge >= 0.3 is 0 Å². The minimum Gasteiger partial charge on any atom is -0.497 e. The first kappa shape index (κ1) is 16.1. The average Bonchev–Trinajstić information content (AvgIpc) is 2.82. The van der Waals surface area contributed by atoms with Crippen LogP contribution in [0.25, 0.3) is 0 Å². The van der Waals surface area contributed by atoms with Crippen molar-refractivity contribution in [2.45, 2.75) is 6.54 Å². The van der Waals surface area contributed by atoms with Gasteiger partial charge in [0.25, 0.3) is 0 Å². The van der Waals surface area contributed by atoms with Crippen LogP contribution in [0.15, 0.2) is 29.3 Å². The van der Waals surface area contributed by atoms with Crippen LogP contribution in [0, 0.1) is 0 Å². The Bertz CT molecular complexity index is 584. The zero-order valence-corrected chi connectivity index (χ0v) is 13.5. The van der Waals surface area contributed by atoms with Crippen molar-refractivity contribution in [1.29, 1.82) is 0 Å². The van der Waals surface area contributed by atoms with Crippen LogP contribution < -0.4 is 15.8 Å². The fourth-order valence-corrected chi connectivity index (χ4v) is 1.43. The lowest BCUT2D eigenvalue weighted by Crippen LogP contribution is -2.22. The molecule has 0 amide bonds. The number of nitrogens with one attached hydrogen (secondary N) is 1. The predicted molar refractivity (Wildman–Crippen MR) is 86.2 cm³/mol. The lowest BCUT2D eigenvalue weighted by Gasteiger charge is -2.06. The Morgan fingerprint density at radius 1 is 1.50 bits per heavy atom. The number of nitrogens with two attached hydrogens (primary N) is 1. The van der Waals surface area contributed by atoms with E-state index in [1.807, 2.05) is 24.3 Å². The number of aliphatic imine (C=N–C) groups is 1. The van der Waals surface area contributed by atoms with E-state index in [-0.39, 0.29) is 36.5 Å². The van der Waals surface area contributed by atoms with Crippen LogP contribution >= 0.6 is 24.0 Å². The molecule has 2 aromatic rings. The van der Waals surface area contributed by atoms with Gasteiger partial charge in [0.05, 0.1) is 14.2 Å². The number of benzene rings is 1. The van der Waals surface area contributed by atoms with Crippen molar-refractivity contribution in [3.63, 3.8) is 0 Å². The topological polar surface area (TPSA) is 103 Å². The second-order valence-corrected chi connectivity index (χ2v) is 3.75. The third-order valence-corrected chi connectivity index (χ3v) is 2.28. The Labute approximate surface area is 133 Å². The molecule has 20 heavy (non-hydrogen) atoms. The van der Waals surface area contributed by atoms with Crippen molar-refractivity contribution in [2.24, 2.45) is 17.8 Å². The fraction of sp³-hybridized carbons (Fsp3) is 0.273. The van der Waals surface area contributed by atoms with Crippen molar-refractivity contribution in [3.05, 3.63) is 30.1 Å². The van der Waals surface area contributed by atoms with Gasteiger partial charge in [0, 0.05) is 11.8 Å². The molecule has 0 saturated heterocycles. The van der Waals surface area contributed by atoms with E-state index in [1.54, 1.807) is 14.2 Å². The van der Waals surface area contributed by atoms with Gasteiger partial charge in [0.2, 0.25) is 0 Å². The van der Waals surface area contributed by atoms with Gasteiger partial charge in [0.1, 0.15) is 12.3 Å². The maximum Gasteiger partial charge on any atom is 0.196 e. The van der Waals surface area contributed by atoms with E-state index in [9.17, 15) is 0 Å². The van der Waals surface area contributed by atoms with Crippen LogP contribution in [0.4, 0.5) is 5.69 Å². The summed E-state index contributed by atoms with van der Waals surface area (Å²) in [4.78, 5) is 5.49. The molecule has 108 valence electrons. The predicted octanol–water partition coefficient (Wildman–Crippen LogP) is 0.763. The minimum absolute atomic E-state index is 0. The van der Waals surface area contributed by atoms with Gasteiger partial charge in [-0.05, 0) is 17.3 Å². The van der Waals surface area contributed by atoms with Crippen LogP contribution in [-0.4, -0.2) is 33.3 Å². The first-order chi connectivity index (χ1) is 9.17. The number of tetrazole rings is 1. The molecule has 0 aliphatic heterocycles. The number of guanidine groups is 1. The van der Waals surface area contributed by atoms with Crippen molar-refractivity contribution < 1.29 is 4.74 Å². The molecule has 0 spiro atoms. The summed E-state index contributed by atoms with van der Waals surface area (Å²) in [6, 6.07) is 7.40. The first-order valence-electron chi connectivity index (χ1n) is 5.61. The van der Waals surface area contributed by atoms with Crippen LogP contribution in [-0.2, 0) is 13.6 Å². The molecule has 1 aromatic heterocycles. The summed E-state index contributed by atoms with van der Waals surface area (Å²) in [5.74, 6) is 1.53. The molecule has 0 fully saturated rings. The Kier molecular flexibility index (Phi) is 6.15. The molecule has 0 atom stereocenters. The lowest BCUT2D eigenvalue weighted by molar-refractivity contribution is 0.415. The van der Waals surface area contributed by atoms with E-state index in [0.29, 0.717) is 5.82 Å². The largest absolute Gasteiger partial charge is 0.497 e. The zero-order chi connectivity index (χ0) is 13.7. The van der Waals surface area contributed by atoms with Gasteiger partial charge in [0.15, 0.2) is 11.8 Å². The summed E-state index contributed by atoms with van der Waals surface area (Å²) < 4.78 is 5.12. The Balaban J connectivity index is 0.00000200. The Morgan fingerprint density at radius 3 is 2.95 bits per heavy atom. The normalized spacial score (nSPS) is 10.8. The Morgan fingerprint density at radius 2 is 2.30 bits per heavy atom. The van der Waals surface area contributed by atoms with E-state index < -0.39 is 0 Å². The summed E-state index contributed by atoms with van der Waals surface area (Å²) >= 11 is 0. The quantitative estimate of drug-likeness (QED) is 0.455. The van der Waals surface area contributed by atoms with E-state index in [2.05, 4.69) is 25.7 Å². The van der Waals surface area contributed by atoms with Gasteiger partial charge < -0.3 is 15.8 Å². The maximum atomic E-state index is 5.77. The molecule has 0 aliphatic rings. The SMILES string of the molecule is COc1cccc(NC(N)=NCc2nnn(C)n2)c1.I. The standard InChI is InChI=1S/C11H15N7O.HI/c1-18-16-10(15-17-18)7-13-11(12)14-8-4-3-5-9(6-8)19-2;/h3-6H,7H2,1-2H3,(H3,12,13,14);1H. The van der Waals surface area contributed by atoms with Crippen molar-refractivity contribution in [3.8, 4) is 5.75 Å². The number of methoxy groups -OCH3 is 1. The number of aromatic nitrogens is 4. The van der Waals surface area contributed by atoms with Gasteiger partial charge in [-0.1, -0.05) is 6.07 Å². The highest BCUT2D eigenvalue weighted by Gasteiger charge is 2.00. The summed E-state index contributed by atoms with van der Waals surface area (Å²) in [5.41, 5.74) is 6.57. The molecule has 0 aliphatic carbocycles. The molecule has 2 rings (SSSR count). The molecule has 9 heteroatoms. The van der Waals surface area contributed by atoms with E-state index >= 15 is 0 Å². The average molecular weight is 389 g/mol. The lowest BCUT2D eigenvalue weighted by atomic mass is 10.3. The van der Waals surface area contributed by atoms with Crippen LogP contribution in [0.2, 0.25) is 0 Å². The van der Waals surface area contributed by atoms with Gasteiger partial charge in [-0.2, -0.15) is 4.80 Å². The highest BCUT2D eigenvalue weighted by atomic mass is 127. The molecule has 8 nitrogen and oxygen atoms in total. The summed E-state index contributed by atoms with van der Waals surface area (Å²) in [6.45, 7) is 0.274. The highest BCUT2D eigenvalue weighted by Crippen LogP contribution is 2.16. The van der Waals surface area contributed by atoms with Gasteiger partial charge in [-0.3, -0.25) is 0 Å². The van der Waals surface area contributed by atoms with Gasteiger partial charge in [-0.25, -0.2) is 4.99 Å². The molecule has 0 radical (unpaired) electrons. The second kappa shape index (κ2) is 7.62. The number of hydrogen-bond acceptors (Lipinski definition) is 5. The highest BCUT2D eigenvalue weighted by molar-refractivity contribution is 14.0. The number of rotatable bonds is 4. The number of ether oxygens (including phenoxy) is 1. The number of aryl methyl sites for hydroxylation is 1. The molecular formula is C11H16IN7O. The third kappa shape index (κ3) is 4.64. The number of halogens is 1. The van der Waals surface area contributed by atoms with Crippen LogP contribution in [0.5, 0.6) is 5.75 Å². The zero-order valence-electron chi connectivity index (χ0n) is 11.1. The molecule has 0 unspecified atom stereocenters. The minimum atomic E-state index is 0. The van der Waals surface area contributed by atoms with Crippen molar-refractivity contribution in [1.82, 2.24) is 20.2 Å². The fourth-order valence-electron chi connectivity index (χ4n) is 1.43. The molecule has 3 N–H and O–H groups in total. The molecule has 1 heterocycles. The third-order valence-electron chi connectivity index (χ3n) is 2.28. The van der Waals surface area contributed by atoms with E-state index in [0.717, 1.165) is 11.4 Å². The number of hydrogen-bond donors (Lipinski definition) is 2. The summed E-state index contributed by atoms with van der Waals surface area (Å²) in [7, 11) is 3.30. The molecule has 1 aromatic carbocycles. The summed E-state index contributed by atoms with van der Waals surface area (Å²) in [5, 5.41) is 14.5. The van der Waals surface area contributed by atoms with Crippen LogP contribution in [0.1, 0.15) is 5.82 Å². The van der Waals surface area contributed by atoms with Crippen molar-refractivity contribution >= 4 is 35.6 Å². The molecule has 0 saturated carbocycles. The summed E-state index contributed by atoms with van der Waals surface area (Å²) in [6.07, 6.45) is 0. The number of nitrogens with zero attached hydrogens (tertiary/aromatic N) is 5. The molecular weight excluding hydrogens is 373 g/mol. The van der Waals surface area contributed by atoms with Crippen molar-refractivity contribution in [2.75, 3.05) is 12.4 Å². The first-order valence-corrected chi connectivity index (χ1v) is 5.61. The number of anilines is 1. The monoisotopic (exact) mass is 389 g/mol. The van der Waals surface area contributed by atoms with Crippen LogP contribution in [0.3, 0.4) is 0 Å². The molecule has 0 bridgehead atoms. The maximum absolute atomic E-state index is 5.77. The van der Waals surface area contributed by atoms with E-state index in [4.69, 9.17) is 10.5 Å². The van der Waals surface area contributed by atoms with E-state index in [1.165, 1.54) is 4.80 Å². The second-order valence-electron chi connectivity index (χ2n) is 3.75.